The summed E-state index contributed by atoms with van der Waals surface area (Å²) in [6.07, 6.45) is 0.701. The second-order valence-electron chi connectivity index (χ2n) is 4.47. The molecule has 0 bridgehead atoms. The average Bonchev–Trinajstić information content (AvgIpc) is 2.58. The van der Waals surface area contributed by atoms with Gasteiger partial charge in [-0.2, -0.15) is 5.26 Å². The van der Waals surface area contributed by atoms with Crippen LogP contribution in [0.5, 0.6) is 0 Å². The molecular formula is C11H14N4O. The highest BCUT2D eigenvalue weighted by molar-refractivity contribution is 5.37. The Balaban J connectivity index is 2.29. The van der Waals surface area contributed by atoms with Crippen LogP contribution in [0.25, 0.3) is 0 Å². The summed E-state index contributed by atoms with van der Waals surface area (Å²) in [4.78, 5) is 10.3. The zero-order valence-corrected chi connectivity index (χ0v) is 9.43. The van der Waals surface area contributed by atoms with Crippen molar-refractivity contribution in [3.63, 3.8) is 0 Å². The number of nitriles is 1. The van der Waals surface area contributed by atoms with Crippen LogP contribution in [0.4, 0.5) is 5.95 Å². The van der Waals surface area contributed by atoms with Gasteiger partial charge in [0.1, 0.15) is 11.8 Å². The minimum absolute atomic E-state index is 0.369. The van der Waals surface area contributed by atoms with Crippen molar-refractivity contribution in [3.8, 4) is 6.07 Å². The summed E-state index contributed by atoms with van der Waals surface area (Å²) < 4.78 is 0. The van der Waals surface area contributed by atoms with Crippen LogP contribution in [0.15, 0.2) is 6.07 Å². The number of rotatable bonds is 1. The van der Waals surface area contributed by atoms with Crippen LogP contribution in [0.3, 0.4) is 0 Å². The van der Waals surface area contributed by atoms with Crippen molar-refractivity contribution >= 4 is 5.95 Å². The standard InChI is InChI=1S/C11H14N4O/c1-8-5-9(6-12)14-10(13-8)15-4-3-11(2,16)7-15/h5,16H,3-4,7H2,1-2H3. The zero-order valence-electron chi connectivity index (χ0n) is 9.43. The second-order valence-corrected chi connectivity index (χ2v) is 4.47. The summed E-state index contributed by atoms with van der Waals surface area (Å²) in [5.41, 5.74) is 0.460. The van der Waals surface area contributed by atoms with E-state index in [9.17, 15) is 5.11 Å². The van der Waals surface area contributed by atoms with Crippen LogP contribution in [0.2, 0.25) is 0 Å². The van der Waals surface area contributed by atoms with E-state index in [1.54, 1.807) is 13.0 Å². The van der Waals surface area contributed by atoms with E-state index in [1.165, 1.54) is 0 Å². The molecule has 0 aliphatic carbocycles. The topological polar surface area (TPSA) is 73.0 Å². The third kappa shape index (κ3) is 2.12. The fraction of sp³-hybridized carbons (Fsp3) is 0.545. The second kappa shape index (κ2) is 3.72. The molecule has 5 nitrogen and oxygen atoms in total. The number of aromatic nitrogens is 2. The number of aryl methyl sites for hydroxylation is 1. The number of anilines is 1. The first-order chi connectivity index (χ1) is 7.50. The van der Waals surface area contributed by atoms with Gasteiger partial charge in [0.15, 0.2) is 0 Å². The molecule has 1 aromatic heterocycles. The van der Waals surface area contributed by atoms with Crippen LogP contribution in [0, 0.1) is 18.3 Å². The highest BCUT2D eigenvalue weighted by Gasteiger charge is 2.32. The van der Waals surface area contributed by atoms with E-state index < -0.39 is 5.60 Å². The average molecular weight is 218 g/mol. The summed E-state index contributed by atoms with van der Waals surface area (Å²) in [5.74, 6) is 0.536. The van der Waals surface area contributed by atoms with Gasteiger partial charge in [0.2, 0.25) is 5.95 Å². The van der Waals surface area contributed by atoms with Gasteiger partial charge in [-0.3, -0.25) is 0 Å². The van der Waals surface area contributed by atoms with Gasteiger partial charge in [-0.05, 0) is 26.3 Å². The van der Waals surface area contributed by atoms with Gasteiger partial charge < -0.3 is 10.0 Å². The molecule has 2 rings (SSSR count). The maximum absolute atomic E-state index is 9.86. The molecule has 0 radical (unpaired) electrons. The van der Waals surface area contributed by atoms with Gasteiger partial charge in [-0.15, -0.1) is 0 Å². The lowest BCUT2D eigenvalue weighted by molar-refractivity contribution is 0.0838. The molecule has 84 valence electrons. The predicted octanol–water partition coefficient (Wildman–Crippen LogP) is 0.618. The monoisotopic (exact) mass is 218 g/mol. The Morgan fingerprint density at radius 1 is 1.56 bits per heavy atom. The molecule has 1 aliphatic rings. The highest BCUT2D eigenvalue weighted by atomic mass is 16.3. The van der Waals surface area contributed by atoms with Gasteiger partial charge in [0.05, 0.1) is 5.60 Å². The smallest absolute Gasteiger partial charge is 0.226 e. The molecule has 0 amide bonds. The lowest BCUT2D eigenvalue weighted by Crippen LogP contribution is -2.30. The van der Waals surface area contributed by atoms with Crippen molar-refractivity contribution in [2.75, 3.05) is 18.0 Å². The summed E-state index contributed by atoms with van der Waals surface area (Å²) in [7, 11) is 0. The molecule has 1 aromatic rings. The molecule has 1 atom stereocenters. The Bertz CT molecular complexity index is 450. The van der Waals surface area contributed by atoms with Gasteiger partial charge in [-0.25, -0.2) is 9.97 Å². The predicted molar refractivity (Wildman–Crippen MR) is 58.9 cm³/mol. The molecule has 1 saturated heterocycles. The van der Waals surface area contributed by atoms with E-state index >= 15 is 0 Å². The van der Waals surface area contributed by atoms with Crippen LogP contribution < -0.4 is 4.90 Å². The maximum Gasteiger partial charge on any atom is 0.226 e. The Morgan fingerprint density at radius 3 is 2.88 bits per heavy atom. The first-order valence-corrected chi connectivity index (χ1v) is 5.23. The van der Waals surface area contributed by atoms with Crippen molar-refractivity contribution in [2.24, 2.45) is 0 Å². The van der Waals surface area contributed by atoms with Crippen LogP contribution in [0.1, 0.15) is 24.7 Å². The SMILES string of the molecule is Cc1cc(C#N)nc(N2CCC(C)(O)C2)n1. The van der Waals surface area contributed by atoms with E-state index in [2.05, 4.69) is 9.97 Å². The first kappa shape index (κ1) is 10.8. The summed E-state index contributed by atoms with van der Waals surface area (Å²) >= 11 is 0. The van der Waals surface area contributed by atoms with Gasteiger partial charge in [0, 0.05) is 18.8 Å². The normalized spacial score (nSPS) is 24.5. The Hall–Kier alpha value is -1.67. The number of nitrogens with zero attached hydrogens (tertiary/aromatic N) is 4. The number of aliphatic hydroxyl groups is 1. The van der Waals surface area contributed by atoms with Crippen molar-refractivity contribution in [2.45, 2.75) is 25.9 Å². The molecule has 1 N–H and O–H groups in total. The number of β-amino-alcohol motifs (C(OH)–C–C–N with tert-alkyl or cyclic N) is 1. The Labute approximate surface area is 94.4 Å². The van der Waals surface area contributed by atoms with Crippen molar-refractivity contribution in [3.05, 3.63) is 17.5 Å². The molecule has 2 heterocycles. The molecule has 1 aliphatic heterocycles. The van der Waals surface area contributed by atoms with Gasteiger partial charge in [-0.1, -0.05) is 0 Å². The van der Waals surface area contributed by atoms with Crippen molar-refractivity contribution in [1.29, 1.82) is 5.26 Å². The molecule has 0 saturated carbocycles. The molecule has 5 heteroatoms. The summed E-state index contributed by atoms with van der Waals surface area (Å²) in [5, 5.41) is 18.7. The van der Waals surface area contributed by atoms with E-state index in [0.29, 0.717) is 24.6 Å². The number of hydrogen-bond acceptors (Lipinski definition) is 5. The van der Waals surface area contributed by atoms with Crippen LogP contribution in [-0.2, 0) is 0 Å². The van der Waals surface area contributed by atoms with E-state index in [-0.39, 0.29) is 0 Å². The van der Waals surface area contributed by atoms with Crippen LogP contribution >= 0.6 is 0 Å². The fourth-order valence-corrected chi connectivity index (χ4v) is 1.87. The Kier molecular flexibility index (Phi) is 2.52. The molecule has 1 fully saturated rings. The van der Waals surface area contributed by atoms with Crippen molar-refractivity contribution < 1.29 is 5.11 Å². The highest BCUT2D eigenvalue weighted by Crippen LogP contribution is 2.24. The lowest BCUT2D eigenvalue weighted by atomic mass is 10.1. The maximum atomic E-state index is 9.86. The van der Waals surface area contributed by atoms with Crippen molar-refractivity contribution in [1.82, 2.24) is 9.97 Å². The van der Waals surface area contributed by atoms with Gasteiger partial charge in [0.25, 0.3) is 0 Å². The molecule has 1 unspecified atom stereocenters. The molecule has 0 aromatic carbocycles. The minimum Gasteiger partial charge on any atom is -0.388 e. The first-order valence-electron chi connectivity index (χ1n) is 5.23. The molecule has 16 heavy (non-hydrogen) atoms. The summed E-state index contributed by atoms with van der Waals surface area (Å²) in [6.45, 7) is 4.87. The zero-order chi connectivity index (χ0) is 11.8. The van der Waals surface area contributed by atoms with E-state index in [0.717, 1.165) is 12.2 Å². The number of hydrogen-bond donors (Lipinski definition) is 1. The van der Waals surface area contributed by atoms with Gasteiger partial charge >= 0.3 is 0 Å². The minimum atomic E-state index is -0.681. The van der Waals surface area contributed by atoms with E-state index in [1.807, 2.05) is 17.9 Å². The van der Waals surface area contributed by atoms with Crippen LogP contribution in [-0.4, -0.2) is 33.8 Å². The third-order valence-electron chi connectivity index (χ3n) is 2.69. The molecule has 0 spiro atoms. The largest absolute Gasteiger partial charge is 0.388 e. The third-order valence-corrected chi connectivity index (χ3v) is 2.69. The molecular weight excluding hydrogens is 204 g/mol. The quantitative estimate of drug-likeness (QED) is 0.748. The van der Waals surface area contributed by atoms with E-state index in [4.69, 9.17) is 5.26 Å². The summed E-state index contributed by atoms with van der Waals surface area (Å²) in [6, 6.07) is 3.66. The fourth-order valence-electron chi connectivity index (χ4n) is 1.87. The Morgan fingerprint density at radius 2 is 2.31 bits per heavy atom. The lowest BCUT2D eigenvalue weighted by Gasteiger charge is -2.19.